The Hall–Kier alpha value is -1.36. The molecule has 19 heavy (non-hydrogen) atoms. The van der Waals surface area contributed by atoms with Crippen LogP contribution in [-0.2, 0) is 0 Å². The van der Waals surface area contributed by atoms with Crippen molar-refractivity contribution in [1.29, 1.82) is 5.41 Å². The first-order valence-corrected chi connectivity index (χ1v) is 7.66. The smallest absolute Gasteiger partial charge is 0.161 e. The van der Waals surface area contributed by atoms with Crippen LogP contribution in [-0.4, -0.2) is 30.6 Å². The highest BCUT2D eigenvalue weighted by atomic mass is 32.2. The van der Waals surface area contributed by atoms with Crippen molar-refractivity contribution in [2.45, 2.75) is 20.3 Å². The summed E-state index contributed by atoms with van der Waals surface area (Å²) in [5.41, 5.74) is 6.12. The Bertz CT molecular complexity index is 410. The molecule has 0 aliphatic rings. The van der Waals surface area contributed by atoms with Gasteiger partial charge in [0.25, 0.3) is 0 Å². The number of ether oxygens (including phenoxy) is 2. The van der Waals surface area contributed by atoms with Gasteiger partial charge in [-0.15, -0.1) is 0 Å². The maximum Gasteiger partial charge on any atom is 0.161 e. The number of nitrogens with one attached hydrogen (secondary N) is 1. The molecule has 0 saturated heterocycles. The van der Waals surface area contributed by atoms with E-state index in [0.29, 0.717) is 30.3 Å². The molecule has 5 heteroatoms. The SMILES string of the molecule is CCOc1cc(C(=N)N)ccc1OCCCSCC. The molecule has 0 unspecified atom stereocenters. The number of benzene rings is 1. The minimum absolute atomic E-state index is 0.0341. The van der Waals surface area contributed by atoms with Crippen molar-refractivity contribution < 1.29 is 9.47 Å². The molecule has 0 aliphatic carbocycles. The van der Waals surface area contributed by atoms with Crippen molar-refractivity contribution in [3.05, 3.63) is 23.8 Å². The summed E-state index contributed by atoms with van der Waals surface area (Å²) in [5, 5.41) is 7.43. The predicted octanol–water partition coefficient (Wildman–Crippen LogP) is 2.89. The van der Waals surface area contributed by atoms with Gasteiger partial charge < -0.3 is 15.2 Å². The maximum absolute atomic E-state index is 7.43. The van der Waals surface area contributed by atoms with E-state index in [-0.39, 0.29) is 5.84 Å². The van der Waals surface area contributed by atoms with Crippen LogP contribution in [0.4, 0.5) is 0 Å². The van der Waals surface area contributed by atoms with E-state index in [0.717, 1.165) is 17.9 Å². The highest BCUT2D eigenvalue weighted by molar-refractivity contribution is 7.99. The molecule has 0 aromatic heterocycles. The summed E-state index contributed by atoms with van der Waals surface area (Å²) in [4.78, 5) is 0. The molecule has 0 heterocycles. The first kappa shape index (κ1) is 15.7. The Morgan fingerprint density at radius 1 is 1.26 bits per heavy atom. The van der Waals surface area contributed by atoms with E-state index in [1.807, 2.05) is 24.8 Å². The minimum atomic E-state index is 0.0341. The third-order valence-electron chi connectivity index (χ3n) is 2.45. The molecular formula is C14H22N2O2S. The summed E-state index contributed by atoms with van der Waals surface area (Å²) in [6, 6.07) is 5.34. The molecule has 0 spiro atoms. The van der Waals surface area contributed by atoms with Crippen molar-refractivity contribution in [3.63, 3.8) is 0 Å². The molecular weight excluding hydrogens is 260 g/mol. The van der Waals surface area contributed by atoms with E-state index in [1.54, 1.807) is 12.1 Å². The van der Waals surface area contributed by atoms with Gasteiger partial charge in [0.05, 0.1) is 13.2 Å². The monoisotopic (exact) mass is 282 g/mol. The molecule has 0 bridgehead atoms. The quantitative estimate of drug-likeness (QED) is 0.415. The van der Waals surface area contributed by atoms with Gasteiger partial charge in [-0.3, -0.25) is 5.41 Å². The topological polar surface area (TPSA) is 68.3 Å². The van der Waals surface area contributed by atoms with Gasteiger partial charge in [-0.2, -0.15) is 11.8 Å². The fraction of sp³-hybridized carbons (Fsp3) is 0.500. The lowest BCUT2D eigenvalue weighted by atomic mass is 10.2. The number of nitrogens with two attached hydrogens (primary N) is 1. The molecule has 4 nitrogen and oxygen atoms in total. The number of hydrogen-bond acceptors (Lipinski definition) is 4. The number of rotatable bonds is 9. The van der Waals surface area contributed by atoms with Gasteiger partial charge in [0.2, 0.25) is 0 Å². The first-order valence-electron chi connectivity index (χ1n) is 6.50. The molecule has 1 aromatic carbocycles. The lowest BCUT2D eigenvalue weighted by molar-refractivity contribution is 0.277. The van der Waals surface area contributed by atoms with E-state index in [2.05, 4.69) is 6.92 Å². The summed E-state index contributed by atoms with van der Waals surface area (Å²) in [7, 11) is 0. The van der Waals surface area contributed by atoms with Crippen molar-refractivity contribution in [2.75, 3.05) is 24.7 Å². The fourth-order valence-corrected chi connectivity index (χ4v) is 2.16. The van der Waals surface area contributed by atoms with Crippen LogP contribution in [0.5, 0.6) is 11.5 Å². The zero-order valence-corrected chi connectivity index (χ0v) is 12.4. The van der Waals surface area contributed by atoms with Gasteiger partial charge in [0, 0.05) is 5.56 Å². The van der Waals surface area contributed by atoms with Gasteiger partial charge in [0.15, 0.2) is 11.5 Å². The van der Waals surface area contributed by atoms with Gasteiger partial charge in [-0.25, -0.2) is 0 Å². The largest absolute Gasteiger partial charge is 0.490 e. The van der Waals surface area contributed by atoms with E-state index in [9.17, 15) is 0 Å². The summed E-state index contributed by atoms with van der Waals surface area (Å²) in [5.74, 6) is 3.64. The minimum Gasteiger partial charge on any atom is -0.490 e. The average Bonchev–Trinajstić information content (AvgIpc) is 2.40. The number of amidine groups is 1. The third-order valence-corrected chi connectivity index (χ3v) is 3.43. The Balaban J connectivity index is 2.62. The van der Waals surface area contributed by atoms with Gasteiger partial charge in [-0.1, -0.05) is 6.92 Å². The Morgan fingerprint density at radius 2 is 2.05 bits per heavy atom. The molecule has 0 aliphatic heterocycles. The summed E-state index contributed by atoms with van der Waals surface area (Å²) in [6.45, 7) is 5.30. The highest BCUT2D eigenvalue weighted by Gasteiger charge is 2.07. The Morgan fingerprint density at radius 3 is 2.68 bits per heavy atom. The molecule has 1 rings (SSSR count). The average molecular weight is 282 g/mol. The van der Waals surface area contributed by atoms with Crippen LogP contribution in [0.25, 0.3) is 0 Å². The molecule has 0 fully saturated rings. The summed E-state index contributed by atoms with van der Waals surface area (Å²) >= 11 is 1.91. The van der Waals surface area contributed by atoms with Crippen molar-refractivity contribution >= 4 is 17.6 Å². The Kier molecular flexibility index (Phi) is 7.18. The normalized spacial score (nSPS) is 10.2. The van der Waals surface area contributed by atoms with Crippen LogP contribution >= 0.6 is 11.8 Å². The first-order chi connectivity index (χ1) is 9.19. The van der Waals surface area contributed by atoms with Crippen molar-refractivity contribution in [3.8, 4) is 11.5 Å². The second-order valence-electron chi connectivity index (χ2n) is 3.91. The third kappa shape index (κ3) is 5.42. The Labute approximate surface area is 119 Å². The molecule has 106 valence electrons. The molecule has 3 N–H and O–H groups in total. The zero-order chi connectivity index (χ0) is 14.1. The van der Waals surface area contributed by atoms with E-state index >= 15 is 0 Å². The van der Waals surface area contributed by atoms with E-state index < -0.39 is 0 Å². The highest BCUT2D eigenvalue weighted by Crippen LogP contribution is 2.28. The maximum atomic E-state index is 7.43. The molecule has 1 aromatic rings. The molecule has 0 saturated carbocycles. The van der Waals surface area contributed by atoms with Crippen LogP contribution < -0.4 is 15.2 Å². The van der Waals surface area contributed by atoms with Crippen molar-refractivity contribution in [2.24, 2.45) is 5.73 Å². The number of hydrogen-bond donors (Lipinski definition) is 2. The van der Waals surface area contributed by atoms with Gasteiger partial charge in [-0.05, 0) is 43.0 Å². The number of nitrogen functional groups attached to an aromatic ring is 1. The standard InChI is InChI=1S/C14H22N2O2S/c1-3-17-13-10-11(14(15)16)6-7-12(13)18-8-5-9-19-4-2/h6-7,10H,3-5,8-9H2,1-2H3,(H3,15,16). The zero-order valence-electron chi connectivity index (χ0n) is 11.6. The second kappa shape index (κ2) is 8.69. The second-order valence-corrected chi connectivity index (χ2v) is 5.30. The number of thioether (sulfide) groups is 1. The lowest BCUT2D eigenvalue weighted by Gasteiger charge is -2.13. The van der Waals surface area contributed by atoms with Crippen LogP contribution in [0, 0.1) is 5.41 Å². The lowest BCUT2D eigenvalue weighted by Crippen LogP contribution is -2.11. The summed E-state index contributed by atoms with van der Waals surface area (Å²) in [6.07, 6.45) is 1.01. The van der Waals surface area contributed by atoms with E-state index in [4.69, 9.17) is 20.6 Å². The van der Waals surface area contributed by atoms with Crippen molar-refractivity contribution in [1.82, 2.24) is 0 Å². The fourth-order valence-electron chi connectivity index (χ4n) is 1.55. The van der Waals surface area contributed by atoms with Crippen LogP contribution in [0.1, 0.15) is 25.8 Å². The molecule has 0 radical (unpaired) electrons. The van der Waals surface area contributed by atoms with Crippen LogP contribution in [0.3, 0.4) is 0 Å². The van der Waals surface area contributed by atoms with Crippen LogP contribution in [0.15, 0.2) is 18.2 Å². The summed E-state index contributed by atoms with van der Waals surface area (Å²) < 4.78 is 11.2. The van der Waals surface area contributed by atoms with E-state index in [1.165, 1.54) is 0 Å². The predicted molar refractivity (Wildman–Crippen MR) is 81.7 cm³/mol. The molecule has 0 atom stereocenters. The molecule has 0 amide bonds. The van der Waals surface area contributed by atoms with Gasteiger partial charge >= 0.3 is 0 Å². The van der Waals surface area contributed by atoms with Crippen LogP contribution in [0.2, 0.25) is 0 Å². The van der Waals surface area contributed by atoms with Gasteiger partial charge in [0.1, 0.15) is 5.84 Å².